The number of piperidine rings is 1. The van der Waals surface area contributed by atoms with Gasteiger partial charge in [-0.3, -0.25) is 9.88 Å². The summed E-state index contributed by atoms with van der Waals surface area (Å²) in [6.45, 7) is 2.53. The van der Waals surface area contributed by atoms with Crippen LogP contribution >= 0.6 is 0 Å². The molecule has 0 unspecified atom stereocenters. The second-order valence-corrected chi connectivity index (χ2v) is 7.93. The van der Waals surface area contributed by atoms with Crippen LogP contribution in [0.1, 0.15) is 62.1 Å². The Hall–Kier alpha value is -1.71. The van der Waals surface area contributed by atoms with Crippen LogP contribution in [0.15, 0.2) is 42.5 Å². The van der Waals surface area contributed by atoms with Crippen LogP contribution in [0, 0.1) is 0 Å². The maximum atomic E-state index is 9.23. The van der Waals surface area contributed by atoms with E-state index in [4.69, 9.17) is 4.98 Å². The highest BCUT2D eigenvalue weighted by Crippen LogP contribution is 2.32. The summed E-state index contributed by atoms with van der Waals surface area (Å²) in [4.78, 5) is 7.76. The first kappa shape index (κ1) is 17.7. The van der Waals surface area contributed by atoms with Gasteiger partial charge in [0.2, 0.25) is 0 Å². The summed E-state index contributed by atoms with van der Waals surface area (Å²) in [6, 6.07) is 15.3. The lowest BCUT2D eigenvalue weighted by molar-refractivity contribution is 0.118. The molecule has 2 aromatic rings. The molecule has 26 heavy (non-hydrogen) atoms. The number of aromatic nitrogens is 1. The molecule has 1 aliphatic carbocycles. The third kappa shape index (κ3) is 3.99. The second-order valence-electron chi connectivity index (χ2n) is 7.93. The van der Waals surface area contributed by atoms with Crippen molar-refractivity contribution in [3.8, 4) is 11.3 Å². The van der Waals surface area contributed by atoms with Crippen molar-refractivity contribution in [1.29, 1.82) is 0 Å². The van der Waals surface area contributed by atoms with Gasteiger partial charge in [0.05, 0.1) is 12.3 Å². The number of benzene rings is 1. The minimum Gasteiger partial charge on any atom is -0.392 e. The number of aliphatic hydroxyl groups excluding tert-OH is 1. The molecule has 2 fully saturated rings. The maximum absolute atomic E-state index is 9.23. The molecule has 0 bridgehead atoms. The van der Waals surface area contributed by atoms with Gasteiger partial charge in [0, 0.05) is 29.8 Å². The summed E-state index contributed by atoms with van der Waals surface area (Å²) in [7, 11) is 0. The first-order valence-electron chi connectivity index (χ1n) is 10.2. The molecule has 1 aromatic carbocycles. The normalized spacial score (nSPS) is 22.4. The number of rotatable bonds is 4. The molecule has 0 amide bonds. The SMILES string of the molecule is OCc1ccc(-c2cccc([C@H]3CCCN(C4CCCCC4)C3)n2)cc1. The third-order valence-electron chi connectivity index (χ3n) is 6.17. The fourth-order valence-electron chi connectivity index (χ4n) is 4.65. The molecule has 3 heteroatoms. The quantitative estimate of drug-likeness (QED) is 0.864. The number of hydrogen-bond donors (Lipinski definition) is 1. The van der Waals surface area contributed by atoms with E-state index < -0.39 is 0 Å². The van der Waals surface area contributed by atoms with Crippen molar-refractivity contribution in [2.45, 2.75) is 63.5 Å². The number of pyridine rings is 1. The summed E-state index contributed by atoms with van der Waals surface area (Å²) in [5.74, 6) is 0.558. The molecular formula is C23H30N2O. The van der Waals surface area contributed by atoms with Crippen molar-refractivity contribution < 1.29 is 5.11 Å². The van der Waals surface area contributed by atoms with Crippen molar-refractivity contribution in [2.24, 2.45) is 0 Å². The van der Waals surface area contributed by atoms with Gasteiger partial charge in [0.25, 0.3) is 0 Å². The topological polar surface area (TPSA) is 36.4 Å². The van der Waals surface area contributed by atoms with E-state index in [1.54, 1.807) is 0 Å². The molecule has 0 radical (unpaired) electrons. The van der Waals surface area contributed by atoms with Crippen molar-refractivity contribution in [3.63, 3.8) is 0 Å². The van der Waals surface area contributed by atoms with Crippen LogP contribution in [0.2, 0.25) is 0 Å². The first-order chi connectivity index (χ1) is 12.8. The van der Waals surface area contributed by atoms with E-state index in [1.165, 1.54) is 63.7 Å². The Morgan fingerprint density at radius 2 is 1.73 bits per heavy atom. The van der Waals surface area contributed by atoms with Gasteiger partial charge >= 0.3 is 0 Å². The molecule has 3 nitrogen and oxygen atoms in total. The number of nitrogens with zero attached hydrogens (tertiary/aromatic N) is 2. The summed E-state index contributed by atoms with van der Waals surface area (Å²) in [5, 5.41) is 9.23. The van der Waals surface area contributed by atoms with Gasteiger partial charge in [-0.25, -0.2) is 0 Å². The molecule has 0 spiro atoms. The molecular weight excluding hydrogens is 320 g/mol. The highest BCUT2D eigenvalue weighted by Gasteiger charge is 2.28. The highest BCUT2D eigenvalue weighted by molar-refractivity contribution is 5.59. The monoisotopic (exact) mass is 350 g/mol. The number of likely N-dealkylation sites (tertiary alicyclic amines) is 1. The van der Waals surface area contributed by atoms with Crippen LogP contribution in [0.4, 0.5) is 0 Å². The van der Waals surface area contributed by atoms with Crippen molar-refractivity contribution >= 4 is 0 Å². The van der Waals surface area contributed by atoms with Gasteiger partial charge in [0.1, 0.15) is 0 Å². The Labute approximate surface area is 157 Å². The average molecular weight is 351 g/mol. The van der Waals surface area contributed by atoms with Crippen LogP contribution in [-0.4, -0.2) is 34.1 Å². The molecule has 1 atom stereocenters. The Balaban J connectivity index is 1.49. The molecule has 1 aliphatic heterocycles. The zero-order valence-electron chi connectivity index (χ0n) is 15.6. The summed E-state index contributed by atoms with van der Waals surface area (Å²) >= 11 is 0. The van der Waals surface area contributed by atoms with Crippen LogP contribution in [-0.2, 0) is 6.61 Å². The van der Waals surface area contributed by atoms with Gasteiger partial charge in [-0.2, -0.15) is 0 Å². The van der Waals surface area contributed by atoms with Crippen molar-refractivity contribution in [2.75, 3.05) is 13.1 Å². The zero-order valence-corrected chi connectivity index (χ0v) is 15.6. The van der Waals surface area contributed by atoms with Crippen molar-refractivity contribution in [3.05, 3.63) is 53.7 Å². The van der Waals surface area contributed by atoms with Gasteiger partial charge in [0.15, 0.2) is 0 Å². The van der Waals surface area contributed by atoms with Crippen LogP contribution < -0.4 is 0 Å². The fraction of sp³-hybridized carbons (Fsp3) is 0.522. The first-order valence-corrected chi connectivity index (χ1v) is 10.2. The predicted molar refractivity (Wildman–Crippen MR) is 106 cm³/mol. The van der Waals surface area contributed by atoms with E-state index in [1.807, 2.05) is 12.1 Å². The Bertz CT molecular complexity index is 706. The highest BCUT2D eigenvalue weighted by atomic mass is 16.3. The second kappa shape index (κ2) is 8.32. The van der Waals surface area contributed by atoms with E-state index in [-0.39, 0.29) is 6.61 Å². The largest absolute Gasteiger partial charge is 0.392 e. The van der Waals surface area contributed by atoms with Gasteiger partial charge < -0.3 is 5.11 Å². The average Bonchev–Trinajstić information content (AvgIpc) is 2.75. The van der Waals surface area contributed by atoms with E-state index in [9.17, 15) is 5.11 Å². The van der Waals surface area contributed by atoms with E-state index >= 15 is 0 Å². The lowest BCUT2D eigenvalue weighted by Gasteiger charge is -2.40. The Morgan fingerprint density at radius 3 is 2.50 bits per heavy atom. The number of aliphatic hydroxyl groups is 1. The van der Waals surface area contributed by atoms with E-state index in [2.05, 4.69) is 35.2 Å². The molecule has 2 aliphatic rings. The molecule has 4 rings (SSSR count). The fourth-order valence-corrected chi connectivity index (χ4v) is 4.65. The standard InChI is InChI=1S/C23H30N2O/c26-17-18-11-13-19(14-12-18)22-9-4-10-23(24-22)20-6-5-15-25(16-20)21-7-2-1-3-8-21/h4,9-14,20-21,26H,1-3,5-8,15-17H2/t20-/m0/s1. The van der Waals surface area contributed by atoms with Gasteiger partial charge in [-0.05, 0) is 49.9 Å². The Kier molecular flexibility index (Phi) is 5.66. The third-order valence-corrected chi connectivity index (χ3v) is 6.17. The van der Waals surface area contributed by atoms with Gasteiger partial charge in [-0.15, -0.1) is 0 Å². The summed E-state index contributed by atoms with van der Waals surface area (Å²) < 4.78 is 0. The predicted octanol–water partition coefficient (Wildman–Crippen LogP) is 4.75. The minimum atomic E-state index is 0.0901. The molecule has 2 heterocycles. The lowest BCUT2D eigenvalue weighted by Crippen LogP contribution is -2.43. The molecule has 1 saturated heterocycles. The molecule has 1 saturated carbocycles. The smallest absolute Gasteiger partial charge is 0.0705 e. The van der Waals surface area contributed by atoms with E-state index in [0.717, 1.165) is 22.9 Å². The Morgan fingerprint density at radius 1 is 0.923 bits per heavy atom. The molecule has 1 N–H and O–H groups in total. The van der Waals surface area contributed by atoms with Gasteiger partial charge in [-0.1, -0.05) is 49.6 Å². The van der Waals surface area contributed by atoms with E-state index in [0.29, 0.717) is 5.92 Å². The lowest BCUT2D eigenvalue weighted by atomic mass is 9.88. The maximum Gasteiger partial charge on any atom is 0.0705 e. The summed E-state index contributed by atoms with van der Waals surface area (Å²) in [5.41, 5.74) is 4.36. The minimum absolute atomic E-state index is 0.0901. The van der Waals surface area contributed by atoms with Crippen molar-refractivity contribution in [1.82, 2.24) is 9.88 Å². The van der Waals surface area contributed by atoms with Crippen LogP contribution in [0.3, 0.4) is 0 Å². The molecule has 138 valence electrons. The van der Waals surface area contributed by atoms with Crippen LogP contribution in [0.25, 0.3) is 11.3 Å². The zero-order chi connectivity index (χ0) is 17.8. The summed E-state index contributed by atoms with van der Waals surface area (Å²) in [6.07, 6.45) is 9.55. The van der Waals surface area contributed by atoms with Crippen LogP contribution in [0.5, 0.6) is 0 Å². The number of hydrogen-bond acceptors (Lipinski definition) is 3. The molecule has 1 aromatic heterocycles.